The minimum absolute atomic E-state index is 0.140. The number of carbonyl (C=O) groups is 3. The first-order chi connectivity index (χ1) is 12.0. The Morgan fingerprint density at radius 2 is 1.96 bits per heavy atom. The Labute approximate surface area is 148 Å². The van der Waals surface area contributed by atoms with E-state index in [-0.39, 0.29) is 6.54 Å². The van der Waals surface area contributed by atoms with Gasteiger partial charge in [0.1, 0.15) is 12.1 Å². The first-order valence-corrected chi connectivity index (χ1v) is 8.54. The molecule has 7 nitrogen and oxygen atoms in total. The maximum absolute atomic E-state index is 12.3. The summed E-state index contributed by atoms with van der Waals surface area (Å²) in [6.07, 6.45) is 0. The van der Waals surface area contributed by atoms with Gasteiger partial charge in [0.05, 0.1) is 6.54 Å². The van der Waals surface area contributed by atoms with Crippen LogP contribution in [-0.2, 0) is 14.4 Å². The highest BCUT2D eigenvalue weighted by atomic mass is 32.1. The van der Waals surface area contributed by atoms with Gasteiger partial charge in [-0.3, -0.25) is 9.59 Å². The van der Waals surface area contributed by atoms with E-state index >= 15 is 0 Å². The Hall–Kier alpha value is -2.71. The topological polar surface area (TPSA) is 113 Å². The molecular formula is C17H17N3O4S. The number of β-lactam (4-membered cyclic amide) rings is 1. The smallest absolute Gasteiger partial charge is 0.331 e. The SMILES string of the molecule is N[C@H](C(=O)NC1CN(C(C(=O)O)c2cccs2)C1=O)c1ccccc1. The number of carboxylic acids is 1. The molecule has 25 heavy (non-hydrogen) atoms. The lowest BCUT2D eigenvalue weighted by molar-refractivity contribution is -0.160. The average Bonchev–Trinajstić information content (AvgIpc) is 3.14. The number of likely N-dealkylation sites (tertiary alicyclic amines) is 1. The number of aliphatic carboxylic acids is 1. The van der Waals surface area contributed by atoms with E-state index in [1.165, 1.54) is 16.2 Å². The monoisotopic (exact) mass is 359 g/mol. The first-order valence-electron chi connectivity index (χ1n) is 7.66. The molecule has 3 atom stereocenters. The van der Waals surface area contributed by atoms with Gasteiger partial charge in [0, 0.05) is 4.88 Å². The Morgan fingerprint density at radius 1 is 1.24 bits per heavy atom. The second-order valence-electron chi connectivity index (χ2n) is 5.70. The van der Waals surface area contributed by atoms with E-state index < -0.39 is 35.9 Å². The summed E-state index contributed by atoms with van der Waals surface area (Å²) in [5.74, 6) is -1.98. The summed E-state index contributed by atoms with van der Waals surface area (Å²) in [6, 6.07) is 9.59. The van der Waals surface area contributed by atoms with Gasteiger partial charge in [-0.1, -0.05) is 36.4 Å². The van der Waals surface area contributed by atoms with Gasteiger partial charge in [-0.25, -0.2) is 4.79 Å². The summed E-state index contributed by atoms with van der Waals surface area (Å²) in [6.45, 7) is 0.140. The van der Waals surface area contributed by atoms with Crippen molar-refractivity contribution in [3.63, 3.8) is 0 Å². The Balaban J connectivity index is 1.63. The molecule has 1 saturated heterocycles. The number of nitrogens with two attached hydrogens (primary N) is 1. The molecule has 2 amide bonds. The lowest BCUT2D eigenvalue weighted by Gasteiger charge is -2.42. The zero-order valence-electron chi connectivity index (χ0n) is 13.2. The molecule has 2 aromatic rings. The van der Waals surface area contributed by atoms with Crippen molar-refractivity contribution in [2.24, 2.45) is 5.73 Å². The molecule has 130 valence electrons. The van der Waals surface area contributed by atoms with E-state index in [2.05, 4.69) is 5.32 Å². The summed E-state index contributed by atoms with van der Waals surface area (Å²) < 4.78 is 0. The molecular weight excluding hydrogens is 342 g/mol. The first kappa shape index (κ1) is 17.1. The molecule has 0 aliphatic carbocycles. The second kappa shape index (κ2) is 7.04. The normalized spacial score (nSPS) is 19.0. The van der Waals surface area contributed by atoms with Crippen molar-refractivity contribution in [1.82, 2.24) is 10.2 Å². The molecule has 4 N–H and O–H groups in total. The molecule has 1 fully saturated rings. The van der Waals surface area contributed by atoms with Crippen LogP contribution >= 0.6 is 11.3 Å². The molecule has 0 radical (unpaired) electrons. The van der Waals surface area contributed by atoms with Crippen LogP contribution in [0, 0.1) is 0 Å². The number of carboxylic acid groups (broad SMARTS) is 1. The van der Waals surface area contributed by atoms with Gasteiger partial charge in [-0.2, -0.15) is 0 Å². The molecule has 0 saturated carbocycles. The molecule has 1 aliphatic heterocycles. The maximum Gasteiger partial charge on any atom is 0.331 e. The summed E-state index contributed by atoms with van der Waals surface area (Å²) >= 11 is 1.27. The molecule has 1 aromatic carbocycles. The predicted molar refractivity (Wildman–Crippen MR) is 91.7 cm³/mol. The van der Waals surface area contributed by atoms with Crippen LogP contribution in [0.15, 0.2) is 47.8 Å². The van der Waals surface area contributed by atoms with E-state index in [4.69, 9.17) is 5.73 Å². The number of rotatable bonds is 6. The summed E-state index contributed by atoms with van der Waals surface area (Å²) in [5, 5.41) is 13.8. The van der Waals surface area contributed by atoms with Gasteiger partial charge in [0.25, 0.3) is 0 Å². The number of nitrogens with one attached hydrogen (secondary N) is 1. The number of thiophene rings is 1. The van der Waals surface area contributed by atoms with Crippen LogP contribution in [0.1, 0.15) is 22.5 Å². The number of amides is 2. The van der Waals surface area contributed by atoms with Crippen molar-refractivity contribution in [3.05, 3.63) is 58.3 Å². The summed E-state index contributed by atoms with van der Waals surface area (Å²) in [7, 11) is 0. The van der Waals surface area contributed by atoms with Gasteiger partial charge in [0.2, 0.25) is 11.8 Å². The van der Waals surface area contributed by atoms with Crippen molar-refractivity contribution < 1.29 is 19.5 Å². The van der Waals surface area contributed by atoms with E-state index in [0.717, 1.165) is 0 Å². The largest absolute Gasteiger partial charge is 0.479 e. The average molecular weight is 359 g/mol. The number of nitrogens with zero attached hydrogens (tertiary/aromatic N) is 1. The second-order valence-corrected chi connectivity index (χ2v) is 6.68. The van der Waals surface area contributed by atoms with Crippen molar-refractivity contribution in [3.8, 4) is 0 Å². The number of hydrogen-bond donors (Lipinski definition) is 3. The quantitative estimate of drug-likeness (QED) is 0.663. The highest BCUT2D eigenvalue weighted by Gasteiger charge is 2.45. The van der Waals surface area contributed by atoms with Gasteiger partial charge in [-0.15, -0.1) is 11.3 Å². The van der Waals surface area contributed by atoms with Crippen molar-refractivity contribution >= 4 is 29.1 Å². The zero-order valence-corrected chi connectivity index (χ0v) is 14.0. The zero-order chi connectivity index (χ0) is 18.0. The Bertz CT molecular complexity index is 778. The van der Waals surface area contributed by atoms with Crippen LogP contribution in [0.3, 0.4) is 0 Å². The minimum atomic E-state index is -1.10. The molecule has 2 heterocycles. The van der Waals surface area contributed by atoms with E-state index in [1.807, 2.05) is 6.07 Å². The summed E-state index contributed by atoms with van der Waals surface area (Å²) in [4.78, 5) is 37.8. The fraction of sp³-hybridized carbons (Fsp3) is 0.235. The van der Waals surface area contributed by atoms with E-state index in [1.54, 1.807) is 41.8 Å². The standard InChI is InChI=1S/C17H17N3O4S/c18-13(10-5-2-1-3-6-10)15(21)19-11-9-20(16(11)22)14(17(23)24)12-7-4-8-25-12/h1-8,11,13-14H,9,18H2,(H,19,21)(H,23,24)/t11?,13-,14?/m0/s1. The lowest BCUT2D eigenvalue weighted by Crippen LogP contribution is -2.65. The third-order valence-electron chi connectivity index (χ3n) is 4.08. The van der Waals surface area contributed by atoms with Gasteiger partial charge in [-0.05, 0) is 17.0 Å². The van der Waals surface area contributed by atoms with Gasteiger partial charge in [0.15, 0.2) is 6.04 Å². The fourth-order valence-corrected chi connectivity index (χ4v) is 3.55. The van der Waals surface area contributed by atoms with Crippen LogP contribution < -0.4 is 11.1 Å². The highest BCUT2D eigenvalue weighted by Crippen LogP contribution is 2.30. The van der Waals surface area contributed by atoms with E-state index in [0.29, 0.717) is 10.4 Å². The molecule has 2 unspecified atom stereocenters. The van der Waals surface area contributed by atoms with E-state index in [9.17, 15) is 19.5 Å². The third kappa shape index (κ3) is 3.40. The minimum Gasteiger partial charge on any atom is -0.479 e. The predicted octanol–water partition coefficient (Wildman–Crippen LogP) is 0.901. The Kier molecular flexibility index (Phi) is 4.82. The third-order valence-corrected chi connectivity index (χ3v) is 5.00. The molecule has 0 bridgehead atoms. The lowest BCUT2D eigenvalue weighted by atomic mass is 10.0. The van der Waals surface area contributed by atoms with Crippen molar-refractivity contribution in [2.45, 2.75) is 18.1 Å². The Morgan fingerprint density at radius 3 is 2.52 bits per heavy atom. The molecule has 1 aromatic heterocycles. The number of benzene rings is 1. The van der Waals surface area contributed by atoms with Gasteiger partial charge < -0.3 is 21.1 Å². The molecule has 8 heteroatoms. The van der Waals surface area contributed by atoms with Crippen LogP contribution in [-0.4, -0.2) is 40.4 Å². The van der Waals surface area contributed by atoms with Crippen LogP contribution in [0.2, 0.25) is 0 Å². The molecule has 0 spiro atoms. The molecule has 3 rings (SSSR count). The maximum atomic E-state index is 12.3. The van der Waals surface area contributed by atoms with Crippen LogP contribution in [0.25, 0.3) is 0 Å². The number of carbonyl (C=O) groups excluding carboxylic acids is 2. The van der Waals surface area contributed by atoms with Crippen LogP contribution in [0.5, 0.6) is 0 Å². The molecule has 1 aliphatic rings. The van der Waals surface area contributed by atoms with Crippen molar-refractivity contribution in [1.29, 1.82) is 0 Å². The summed E-state index contributed by atoms with van der Waals surface area (Å²) in [5.41, 5.74) is 6.55. The number of hydrogen-bond acceptors (Lipinski definition) is 5. The van der Waals surface area contributed by atoms with Crippen LogP contribution in [0.4, 0.5) is 0 Å². The van der Waals surface area contributed by atoms with Gasteiger partial charge >= 0.3 is 5.97 Å². The highest BCUT2D eigenvalue weighted by molar-refractivity contribution is 7.10. The fourth-order valence-electron chi connectivity index (χ4n) is 2.72. The van der Waals surface area contributed by atoms with Crippen molar-refractivity contribution in [2.75, 3.05) is 6.54 Å².